The largest absolute Gasteiger partial charge is 0.497 e. The van der Waals surface area contributed by atoms with Crippen molar-refractivity contribution in [2.45, 2.75) is 0 Å². The van der Waals surface area contributed by atoms with E-state index in [0.717, 1.165) is 28.0 Å². The molecule has 0 bridgehead atoms. The number of ether oxygens (including phenoxy) is 1. The maximum absolute atomic E-state index is 5.98. The average molecular weight is 300 g/mol. The van der Waals surface area contributed by atoms with Crippen molar-refractivity contribution >= 4 is 11.0 Å². The molecule has 0 N–H and O–H groups in total. The van der Waals surface area contributed by atoms with Crippen LogP contribution in [0.1, 0.15) is 0 Å². The number of methoxy groups -OCH3 is 1. The van der Waals surface area contributed by atoms with Crippen LogP contribution in [0.2, 0.25) is 0 Å². The highest BCUT2D eigenvalue weighted by Gasteiger charge is 2.08. The molecule has 2 nitrogen and oxygen atoms in total. The molecule has 112 valence electrons. The number of furan rings is 1. The van der Waals surface area contributed by atoms with Crippen molar-refractivity contribution in [2.75, 3.05) is 7.11 Å². The van der Waals surface area contributed by atoms with Crippen LogP contribution >= 0.6 is 0 Å². The summed E-state index contributed by atoms with van der Waals surface area (Å²) in [4.78, 5) is 0. The summed E-state index contributed by atoms with van der Waals surface area (Å²) >= 11 is 0. The Morgan fingerprint density at radius 1 is 0.696 bits per heavy atom. The van der Waals surface area contributed by atoms with Gasteiger partial charge in [-0.1, -0.05) is 36.4 Å². The molecule has 3 aromatic carbocycles. The van der Waals surface area contributed by atoms with Crippen LogP contribution in [0.3, 0.4) is 0 Å². The lowest BCUT2D eigenvalue weighted by atomic mass is 10.0. The van der Waals surface area contributed by atoms with Gasteiger partial charge >= 0.3 is 0 Å². The van der Waals surface area contributed by atoms with E-state index in [4.69, 9.17) is 9.15 Å². The minimum Gasteiger partial charge on any atom is -0.497 e. The number of hydrogen-bond donors (Lipinski definition) is 0. The molecule has 4 rings (SSSR count). The topological polar surface area (TPSA) is 22.4 Å². The van der Waals surface area contributed by atoms with Gasteiger partial charge < -0.3 is 9.15 Å². The van der Waals surface area contributed by atoms with Crippen LogP contribution in [-0.4, -0.2) is 7.11 Å². The smallest absolute Gasteiger partial charge is 0.135 e. The Balaban J connectivity index is 1.75. The van der Waals surface area contributed by atoms with Crippen LogP contribution in [0.5, 0.6) is 5.75 Å². The monoisotopic (exact) mass is 300 g/mol. The number of fused-ring (bicyclic) bond motifs is 1. The predicted octanol–water partition coefficient (Wildman–Crippen LogP) is 5.78. The van der Waals surface area contributed by atoms with Crippen LogP contribution in [0.25, 0.3) is 33.4 Å². The molecule has 0 unspecified atom stereocenters. The van der Waals surface area contributed by atoms with Crippen molar-refractivity contribution in [3.63, 3.8) is 0 Å². The van der Waals surface area contributed by atoms with Gasteiger partial charge in [-0.15, -0.1) is 0 Å². The summed E-state index contributed by atoms with van der Waals surface area (Å²) in [7, 11) is 1.67. The number of hydrogen-bond acceptors (Lipinski definition) is 2. The van der Waals surface area contributed by atoms with Gasteiger partial charge in [-0.3, -0.25) is 0 Å². The van der Waals surface area contributed by atoms with Gasteiger partial charge in [0.15, 0.2) is 0 Å². The van der Waals surface area contributed by atoms with E-state index in [9.17, 15) is 0 Å². The fourth-order valence-electron chi connectivity index (χ4n) is 2.75. The van der Waals surface area contributed by atoms with E-state index >= 15 is 0 Å². The molecule has 2 heteroatoms. The first kappa shape index (κ1) is 13.6. The van der Waals surface area contributed by atoms with Crippen molar-refractivity contribution < 1.29 is 9.15 Å². The van der Waals surface area contributed by atoms with Crippen LogP contribution in [0.15, 0.2) is 83.3 Å². The Bertz CT molecular complexity index is 935. The molecule has 0 atom stereocenters. The van der Waals surface area contributed by atoms with Gasteiger partial charge in [0, 0.05) is 10.9 Å². The van der Waals surface area contributed by atoms with Crippen molar-refractivity contribution in [1.29, 1.82) is 0 Å². The lowest BCUT2D eigenvalue weighted by molar-refractivity contribution is 0.415. The first-order valence-corrected chi connectivity index (χ1v) is 7.57. The number of benzene rings is 3. The Labute approximate surface area is 135 Å². The van der Waals surface area contributed by atoms with Gasteiger partial charge in [-0.05, 0) is 53.6 Å². The fourth-order valence-corrected chi connectivity index (χ4v) is 2.75. The minimum atomic E-state index is 0.844. The van der Waals surface area contributed by atoms with Gasteiger partial charge in [0.25, 0.3) is 0 Å². The van der Waals surface area contributed by atoms with Crippen LogP contribution in [0.4, 0.5) is 0 Å². The van der Waals surface area contributed by atoms with Crippen molar-refractivity contribution in [1.82, 2.24) is 0 Å². The van der Waals surface area contributed by atoms with E-state index in [-0.39, 0.29) is 0 Å². The fraction of sp³-hybridized carbons (Fsp3) is 0.0476. The van der Waals surface area contributed by atoms with E-state index in [1.54, 1.807) is 7.11 Å². The Morgan fingerprint density at radius 3 is 2.17 bits per heavy atom. The molecule has 0 radical (unpaired) electrons. The third-order valence-corrected chi connectivity index (χ3v) is 4.00. The second-order valence-electron chi connectivity index (χ2n) is 5.46. The maximum Gasteiger partial charge on any atom is 0.135 e. The lowest BCUT2D eigenvalue weighted by Crippen LogP contribution is -1.81. The SMILES string of the molecule is COc1ccc(-c2cc3cc(-c4ccccc4)ccc3o2)cc1. The summed E-state index contributed by atoms with van der Waals surface area (Å²) in [6.45, 7) is 0. The molecular formula is C21H16O2. The third-order valence-electron chi connectivity index (χ3n) is 4.00. The van der Waals surface area contributed by atoms with Crippen molar-refractivity contribution in [3.05, 3.63) is 78.9 Å². The summed E-state index contributed by atoms with van der Waals surface area (Å²) in [6.07, 6.45) is 0. The highest BCUT2D eigenvalue weighted by molar-refractivity contribution is 5.87. The Hall–Kier alpha value is -3.00. The summed E-state index contributed by atoms with van der Waals surface area (Å²) in [5, 5.41) is 1.11. The summed E-state index contributed by atoms with van der Waals surface area (Å²) in [6, 6.07) is 26.7. The standard InChI is InChI=1S/C21H16O2/c1-22-19-10-7-16(8-11-19)21-14-18-13-17(9-12-20(18)23-21)15-5-3-2-4-6-15/h2-14H,1H3. The molecule has 0 saturated heterocycles. The molecule has 0 fully saturated rings. The zero-order chi connectivity index (χ0) is 15.6. The molecule has 0 spiro atoms. The molecular weight excluding hydrogens is 284 g/mol. The predicted molar refractivity (Wildman–Crippen MR) is 93.6 cm³/mol. The molecule has 0 aliphatic heterocycles. The summed E-state index contributed by atoms with van der Waals surface area (Å²) in [5.41, 5.74) is 4.35. The Morgan fingerprint density at radius 2 is 1.43 bits per heavy atom. The van der Waals surface area contributed by atoms with Crippen molar-refractivity contribution in [2.24, 2.45) is 0 Å². The second-order valence-corrected chi connectivity index (χ2v) is 5.46. The zero-order valence-corrected chi connectivity index (χ0v) is 12.8. The molecule has 23 heavy (non-hydrogen) atoms. The van der Waals surface area contributed by atoms with Gasteiger partial charge in [0.05, 0.1) is 7.11 Å². The molecule has 4 aromatic rings. The summed E-state index contributed by atoms with van der Waals surface area (Å²) in [5.74, 6) is 1.71. The first-order chi connectivity index (χ1) is 11.3. The third kappa shape index (κ3) is 2.59. The van der Waals surface area contributed by atoms with E-state index in [1.807, 2.05) is 36.4 Å². The summed E-state index contributed by atoms with van der Waals surface area (Å²) < 4.78 is 11.2. The normalized spacial score (nSPS) is 10.8. The van der Waals surface area contributed by atoms with Crippen LogP contribution < -0.4 is 4.74 Å². The van der Waals surface area contributed by atoms with E-state index in [0.29, 0.717) is 0 Å². The van der Waals surface area contributed by atoms with E-state index < -0.39 is 0 Å². The minimum absolute atomic E-state index is 0.844. The van der Waals surface area contributed by atoms with Gasteiger partial charge in [0.2, 0.25) is 0 Å². The maximum atomic E-state index is 5.98. The highest BCUT2D eigenvalue weighted by atomic mass is 16.5. The first-order valence-electron chi connectivity index (χ1n) is 7.57. The Kier molecular flexibility index (Phi) is 3.35. The van der Waals surface area contributed by atoms with E-state index in [2.05, 4.69) is 42.5 Å². The molecule has 1 heterocycles. The number of rotatable bonds is 3. The van der Waals surface area contributed by atoms with Crippen molar-refractivity contribution in [3.8, 4) is 28.2 Å². The van der Waals surface area contributed by atoms with E-state index in [1.165, 1.54) is 11.1 Å². The van der Waals surface area contributed by atoms with Gasteiger partial charge in [-0.25, -0.2) is 0 Å². The molecule has 0 saturated carbocycles. The quantitative estimate of drug-likeness (QED) is 0.479. The molecule has 1 aromatic heterocycles. The highest BCUT2D eigenvalue weighted by Crippen LogP contribution is 2.31. The average Bonchev–Trinajstić information content (AvgIpc) is 3.06. The zero-order valence-electron chi connectivity index (χ0n) is 12.8. The van der Waals surface area contributed by atoms with Gasteiger partial charge in [-0.2, -0.15) is 0 Å². The lowest BCUT2D eigenvalue weighted by Gasteiger charge is -2.00. The molecule has 0 aliphatic rings. The van der Waals surface area contributed by atoms with Crippen LogP contribution in [0, 0.1) is 0 Å². The molecule has 0 aliphatic carbocycles. The second kappa shape index (κ2) is 5.65. The molecule has 0 amide bonds. The van der Waals surface area contributed by atoms with Crippen LogP contribution in [-0.2, 0) is 0 Å². The van der Waals surface area contributed by atoms with Gasteiger partial charge in [0.1, 0.15) is 17.1 Å².